The van der Waals surface area contributed by atoms with Gasteiger partial charge < -0.3 is 10.1 Å². The summed E-state index contributed by atoms with van der Waals surface area (Å²) < 4.78 is 18.6. The van der Waals surface area contributed by atoms with E-state index in [1.807, 2.05) is 47.8 Å². The molecular formula is C23H25FN2O2S. The highest BCUT2D eigenvalue weighted by atomic mass is 32.1. The average molecular weight is 413 g/mol. The molecule has 0 saturated carbocycles. The van der Waals surface area contributed by atoms with Crippen LogP contribution in [0.1, 0.15) is 22.0 Å². The lowest BCUT2D eigenvalue weighted by Gasteiger charge is -2.24. The first-order chi connectivity index (χ1) is 14.2. The number of hydrogen-bond donors (Lipinski definition) is 1. The van der Waals surface area contributed by atoms with Gasteiger partial charge in [-0.15, -0.1) is 11.3 Å². The Balaban J connectivity index is 1.70. The summed E-state index contributed by atoms with van der Waals surface area (Å²) in [6.07, 6.45) is 0. The number of nitrogens with zero attached hydrogens (tertiary/aromatic N) is 1. The number of carbonyl (C=O) groups excluding carboxylic acids is 1. The number of halogens is 1. The maximum absolute atomic E-state index is 13.3. The van der Waals surface area contributed by atoms with Crippen molar-refractivity contribution in [1.82, 2.24) is 10.2 Å². The van der Waals surface area contributed by atoms with Gasteiger partial charge in [0, 0.05) is 25.1 Å². The summed E-state index contributed by atoms with van der Waals surface area (Å²) >= 11 is 1.57. The number of benzene rings is 2. The van der Waals surface area contributed by atoms with Gasteiger partial charge in [-0.05, 0) is 34.7 Å². The van der Waals surface area contributed by atoms with Crippen molar-refractivity contribution in [1.29, 1.82) is 0 Å². The second-order valence-electron chi connectivity index (χ2n) is 6.76. The number of nitrogens with one attached hydrogen (secondary N) is 1. The summed E-state index contributed by atoms with van der Waals surface area (Å²) in [5.74, 6) is -0.377. The molecule has 0 spiro atoms. The molecule has 0 aliphatic rings. The Labute approximate surface area is 174 Å². The number of ether oxygens (including phenoxy) is 1. The van der Waals surface area contributed by atoms with E-state index in [0.29, 0.717) is 19.7 Å². The maximum atomic E-state index is 13.3. The van der Waals surface area contributed by atoms with E-state index >= 15 is 0 Å². The first-order valence-corrected chi connectivity index (χ1v) is 10.4. The van der Waals surface area contributed by atoms with Crippen LogP contribution in [0.5, 0.6) is 0 Å². The monoisotopic (exact) mass is 412 g/mol. The second kappa shape index (κ2) is 10.9. The Morgan fingerprint density at radius 1 is 1.10 bits per heavy atom. The van der Waals surface area contributed by atoms with Gasteiger partial charge in [0.15, 0.2) is 0 Å². The third-order valence-electron chi connectivity index (χ3n) is 4.56. The second-order valence-corrected chi connectivity index (χ2v) is 7.74. The van der Waals surface area contributed by atoms with E-state index < -0.39 is 0 Å². The van der Waals surface area contributed by atoms with Crippen LogP contribution in [0.3, 0.4) is 0 Å². The molecular weight excluding hydrogens is 387 g/mol. The van der Waals surface area contributed by atoms with E-state index in [0.717, 1.165) is 16.0 Å². The molecule has 3 rings (SSSR count). The first kappa shape index (κ1) is 21.2. The zero-order valence-corrected chi connectivity index (χ0v) is 17.2. The van der Waals surface area contributed by atoms with Gasteiger partial charge in [0.05, 0.1) is 19.2 Å². The molecule has 0 saturated heterocycles. The molecule has 1 N–H and O–H groups in total. The molecule has 0 aliphatic heterocycles. The van der Waals surface area contributed by atoms with E-state index in [-0.39, 0.29) is 24.3 Å². The predicted molar refractivity (Wildman–Crippen MR) is 114 cm³/mol. The molecule has 4 nitrogen and oxygen atoms in total. The number of rotatable bonds is 10. The summed E-state index contributed by atoms with van der Waals surface area (Å²) in [5, 5.41) is 5.08. The zero-order valence-electron chi connectivity index (χ0n) is 16.4. The Hall–Kier alpha value is -2.54. The van der Waals surface area contributed by atoms with Crippen LogP contribution in [0.15, 0.2) is 72.1 Å². The Bertz CT molecular complexity index is 870. The molecule has 1 unspecified atom stereocenters. The molecule has 1 aromatic heterocycles. The average Bonchev–Trinajstić information content (AvgIpc) is 3.26. The predicted octanol–water partition coefficient (Wildman–Crippen LogP) is 4.24. The lowest BCUT2D eigenvalue weighted by molar-refractivity contribution is -0.123. The number of hydrogen-bond acceptors (Lipinski definition) is 4. The van der Waals surface area contributed by atoms with Crippen molar-refractivity contribution in [2.75, 3.05) is 26.8 Å². The molecule has 6 heteroatoms. The van der Waals surface area contributed by atoms with Crippen LogP contribution in [0.2, 0.25) is 0 Å². The highest BCUT2D eigenvalue weighted by Crippen LogP contribution is 2.26. The third kappa shape index (κ3) is 6.49. The normalized spacial score (nSPS) is 12.1. The number of amides is 1. The minimum atomic E-state index is -0.302. The number of carbonyl (C=O) groups is 1. The first-order valence-electron chi connectivity index (χ1n) is 9.49. The Morgan fingerprint density at radius 3 is 2.52 bits per heavy atom. The molecule has 1 amide bonds. The van der Waals surface area contributed by atoms with Crippen molar-refractivity contribution in [3.63, 3.8) is 0 Å². The molecule has 152 valence electrons. The molecule has 29 heavy (non-hydrogen) atoms. The summed E-state index contributed by atoms with van der Waals surface area (Å²) in [5.41, 5.74) is 2.00. The van der Waals surface area contributed by atoms with Gasteiger partial charge in [0.25, 0.3) is 0 Å². The largest absolute Gasteiger partial charge is 0.383 e. The maximum Gasteiger partial charge on any atom is 0.234 e. The van der Waals surface area contributed by atoms with E-state index in [9.17, 15) is 9.18 Å². The molecule has 0 radical (unpaired) electrons. The molecule has 0 bridgehead atoms. The van der Waals surface area contributed by atoms with E-state index in [1.54, 1.807) is 30.6 Å². The Kier molecular flexibility index (Phi) is 7.93. The quantitative estimate of drug-likeness (QED) is 0.542. The number of methoxy groups -OCH3 is 1. The van der Waals surface area contributed by atoms with Gasteiger partial charge in [-0.1, -0.05) is 48.5 Å². The minimum absolute atomic E-state index is 0.0836. The van der Waals surface area contributed by atoms with Crippen molar-refractivity contribution in [3.05, 3.63) is 93.9 Å². The van der Waals surface area contributed by atoms with Crippen molar-refractivity contribution in [3.8, 4) is 0 Å². The SMILES string of the molecule is COCCN(CC(=O)NC(c1ccc(F)cc1)c1cccs1)Cc1ccccc1. The van der Waals surface area contributed by atoms with E-state index in [4.69, 9.17) is 4.74 Å². The fraction of sp³-hybridized carbons (Fsp3) is 0.261. The standard InChI is InChI=1S/C23H25FN2O2S/c1-28-14-13-26(16-18-6-3-2-4-7-18)17-22(27)25-23(21-8-5-15-29-21)19-9-11-20(24)12-10-19/h2-12,15,23H,13-14,16-17H2,1H3,(H,25,27). The van der Waals surface area contributed by atoms with Gasteiger partial charge in [-0.2, -0.15) is 0 Å². The number of thiophene rings is 1. The minimum Gasteiger partial charge on any atom is -0.383 e. The van der Waals surface area contributed by atoms with Crippen LogP contribution in [-0.2, 0) is 16.1 Å². The van der Waals surface area contributed by atoms with E-state index in [2.05, 4.69) is 10.2 Å². The van der Waals surface area contributed by atoms with E-state index in [1.165, 1.54) is 12.1 Å². The van der Waals surface area contributed by atoms with Crippen molar-refractivity contribution < 1.29 is 13.9 Å². The van der Waals surface area contributed by atoms with Gasteiger partial charge in [0.2, 0.25) is 5.91 Å². The summed E-state index contributed by atoms with van der Waals surface area (Å²) in [7, 11) is 1.65. The molecule has 1 heterocycles. The van der Waals surface area contributed by atoms with Gasteiger partial charge in [0.1, 0.15) is 5.82 Å². The summed E-state index contributed by atoms with van der Waals surface area (Å²) in [6, 6.07) is 19.9. The summed E-state index contributed by atoms with van der Waals surface area (Å²) in [4.78, 5) is 16.0. The zero-order chi connectivity index (χ0) is 20.5. The highest BCUT2D eigenvalue weighted by Gasteiger charge is 2.20. The highest BCUT2D eigenvalue weighted by molar-refractivity contribution is 7.10. The van der Waals surface area contributed by atoms with Crippen LogP contribution in [-0.4, -0.2) is 37.6 Å². The smallest absolute Gasteiger partial charge is 0.234 e. The lowest BCUT2D eigenvalue weighted by atomic mass is 10.1. The van der Waals surface area contributed by atoms with Gasteiger partial charge in [-0.25, -0.2) is 4.39 Å². The Morgan fingerprint density at radius 2 is 1.86 bits per heavy atom. The molecule has 2 aromatic carbocycles. The van der Waals surface area contributed by atoms with Crippen LogP contribution in [0.4, 0.5) is 4.39 Å². The van der Waals surface area contributed by atoms with Crippen LogP contribution in [0, 0.1) is 5.82 Å². The summed E-state index contributed by atoms with van der Waals surface area (Å²) in [6.45, 7) is 2.12. The fourth-order valence-corrected chi connectivity index (χ4v) is 3.92. The molecule has 0 aliphatic carbocycles. The van der Waals surface area contributed by atoms with Crippen molar-refractivity contribution >= 4 is 17.2 Å². The van der Waals surface area contributed by atoms with Crippen molar-refractivity contribution in [2.24, 2.45) is 0 Å². The lowest BCUT2D eigenvalue weighted by Crippen LogP contribution is -2.40. The molecule has 0 fully saturated rings. The van der Waals surface area contributed by atoms with Crippen LogP contribution in [0.25, 0.3) is 0 Å². The topological polar surface area (TPSA) is 41.6 Å². The molecule has 3 aromatic rings. The van der Waals surface area contributed by atoms with Crippen LogP contribution < -0.4 is 5.32 Å². The third-order valence-corrected chi connectivity index (χ3v) is 5.50. The fourth-order valence-electron chi connectivity index (χ4n) is 3.12. The van der Waals surface area contributed by atoms with Gasteiger partial charge >= 0.3 is 0 Å². The molecule has 1 atom stereocenters. The van der Waals surface area contributed by atoms with Crippen molar-refractivity contribution in [2.45, 2.75) is 12.6 Å². The van der Waals surface area contributed by atoms with Crippen LogP contribution >= 0.6 is 11.3 Å². The van der Waals surface area contributed by atoms with Gasteiger partial charge in [-0.3, -0.25) is 9.69 Å².